The van der Waals surface area contributed by atoms with Crippen LogP contribution in [0.5, 0.6) is 0 Å². The monoisotopic (exact) mass is 806 g/mol. The molecular formula is C30H40N4O18P2+2. The fourth-order valence-corrected chi connectivity index (χ4v) is 10.1. The van der Waals surface area contributed by atoms with Crippen molar-refractivity contribution in [2.45, 2.75) is 85.2 Å². The molecule has 4 fully saturated rings. The second-order valence-corrected chi connectivity index (χ2v) is 16.8. The molecule has 0 aromatic carbocycles. The van der Waals surface area contributed by atoms with Gasteiger partial charge in [-0.05, 0) is 35.4 Å². The van der Waals surface area contributed by atoms with Crippen LogP contribution in [0.4, 0.5) is 0 Å². The number of hydrogen-bond donors (Lipinski definition) is 10. The molecule has 0 amide bonds. The molecule has 24 heteroatoms. The van der Waals surface area contributed by atoms with Crippen LogP contribution in [0.1, 0.15) is 36.2 Å². The molecule has 4 unspecified atom stereocenters. The smallest absolute Gasteiger partial charge is 0.429 e. The molecular weight excluding hydrogens is 766 g/mol. The highest BCUT2D eigenvalue weighted by molar-refractivity contribution is 7.61. The van der Waals surface area contributed by atoms with Crippen molar-refractivity contribution in [2.24, 2.45) is 11.5 Å². The van der Waals surface area contributed by atoms with Gasteiger partial charge >= 0.3 is 27.8 Å². The summed E-state index contributed by atoms with van der Waals surface area (Å²) < 4.78 is 42.5. The number of ether oxygens (including phenoxy) is 4. The van der Waals surface area contributed by atoms with Gasteiger partial charge in [0.1, 0.15) is 49.8 Å². The van der Waals surface area contributed by atoms with Gasteiger partial charge in [0.05, 0.1) is 0 Å². The predicted molar refractivity (Wildman–Crippen MR) is 176 cm³/mol. The summed E-state index contributed by atoms with van der Waals surface area (Å²) in [7, 11) is -8.63. The molecule has 4 saturated heterocycles. The second-order valence-electron chi connectivity index (χ2n) is 12.6. The molecule has 2 aromatic rings. The Kier molecular flexibility index (Phi) is 12.1. The van der Waals surface area contributed by atoms with E-state index in [0.717, 1.165) is 0 Å². The van der Waals surface area contributed by atoms with Gasteiger partial charge in [0.25, 0.3) is 11.7 Å². The minimum Gasteiger partial charge on any atom is -0.429 e. The molecule has 54 heavy (non-hydrogen) atoms. The third-order valence-electron chi connectivity index (χ3n) is 9.04. The van der Waals surface area contributed by atoms with Crippen molar-refractivity contribution >= 4 is 27.8 Å². The summed E-state index contributed by atoms with van der Waals surface area (Å²) in [5, 5.41) is 64.6. The van der Waals surface area contributed by atoms with Crippen molar-refractivity contribution in [3.8, 4) is 0 Å². The van der Waals surface area contributed by atoms with E-state index in [1.54, 1.807) is 24.3 Å². The average molecular weight is 807 g/mol. The lowest BCUT2D eigenvalue weighted by molar-refractivity contribution is -0.209. The van der Waals surface area contributed by atoms with Crippen LogP contribution < -0.4 is 11.5 Å². The second kappa shape index (κ2) is 16.0. The van der Waals surface area contributed by atoms with Crippen LogP contribution in [0, 0.1) is 0 Å². The first-order chi connectivity index (χ1) is 25.5. The minimum atomic E-state index is -4.31. The Hall–Kier alpha value is -2.80. The number of pyridine rings is 2. The molecule has 0 aliphatic carbocycles. The maximum Gasteiger partial charge on any atom is 0.445 e. The topological polar surface area (TPSA) is 348 Å². The van der Waals surface area contributed by atoms with Crippen LogP contribution in [-0.2, 0) is 46.6 Å². The van der Waals surface area contributed by atoms with E-state index >= 15 is 0 Å². The van der Waals surface area contributed by atoms with Crippen LogP contribution in [0.25, 0.3) is 0 Å². The van der Waals surface area contributed by atoms with Gasteiger partial charge in [-0.1, -0.05) is 0 Å². The number of nitrogens with two attached hydrogens (primary N) is 2. The molecule has 14 atom stereocenters. The first kappa shape index (κ1) is 40.9. The number of carbonyl (C=O) groups excluding carboxylic acids is 2. The number of esters is 2. The third-order valence-corrected chi connectivity index (χ3v) is 13.3. The number of rotatable bonds is 10. The van der Waals surface area contributed by atoms with Crippen LogP contribution in [0.2, 0.25) is 0 Å². The van der Waals surface area contributed by atoms with E-state index in [4.69, 9.17) is 48.5 Å². The normalized spacial score (nSPS) is 41.0. The third kappa shape index (κ3) is 7.91. The quantitative estimate of drug-likeness (QED) is 0.0668. The van der Waals surface area contributed by atoms with Crippen molar-refractivity contribution < 1.29 is 87.1 Å². The van der Waals surface area contributed by atoms with Crippen molar-refractivity contribution in [3.05, 3.63) is 72.3 Å². The van der Waals surface area contributed by atoms with Gasteiger partial charge in [-0.3, -0.25) is 21.4 Å². The highest BCUT2D eigenvalue weighted by Gasteiger charge is 2.72. The standard InChI is InChI=1S/C30H40N4O18P2/c31-29(27(41)53(43)45-13-7-17(51-53)15-3-9-33-10-4-15)23(39)21(37)25(49-29)47-19(35)1-2-20(36)48-26-22(38)24(40)30(32,50-26)28(42)54(44)46-14-8-18(52-54)16-5-11-34-12-6-16/h1-6,9-12,17-18,21-28,37-44H,7-8,13-14,31-32H2/q+2/b2-1-/t17-,18-,21-,22-,23-,24-,25+,26+,27?,28?,29-,30-,53?,54?/m0/s1. The summed E-state index contributed by atoms with van der Waals surface area (Å²) in [5.41, 5.74) is 8.00. The molecule has 4 aliphatic rings. The van der Waals surface area contributed by atoms with E-state index in [9.17, 15) is 50.0 Å². The summed E-state index contributed by atoms with van der Waals surface area (Å²) in [4.78, 5) is 55.3. The zero-order valence-corrected chi connectivity index (χ0v) is 29.8. The minimum absolute atomic E-state index is 0.0864. The number of aliphatic hydroxyl groups excluding tert-OH is 6. The molecule has 4 aliphatic heterocycles. The Bertz CT molecular complexity index is 1560. The van der Waals surface area contributed by atoms with Crippen LogP contribution in [-0.4, -0.2) is 136 Å². The molecule has 6 rings (SSSR count). The van der Waals surface area contributed by atoms with Gasteiger partial charge in [0, 0.05) is 49.8 Å². The molecule has 0 bridgehead atoms. The average Bonchev–Trinajstić information content (AvgIpc) is 3.52. The van der Waals surface area contributed by atoms with Gasteiger partial charge in [-0.2, -0.15) is 27.9 Å². The lowest BCUT2D eigenvalue weighted by Gasteiger charge is -2.36. The lowest BCUT2D eigenvalue weighted by atomic mass is 10.1. The highest BCUT2D eigenvalue weighted by atomic mass is 31.2. The van der Waals surface area contributed by atoms with Crippen LogP contribution in [0.3, 0.4) is 0 Å². The Morgan fingerprint density at radius 1 is 0.722 bits per heavy atom. The first-order valence-corrected chi connectivity index (χ1v) is 19.6. The zero-order chi connectivity index (χ0) is 39.1. The Morgan fingerprint density at radius 3 is 1.43 bits per heavy atom. The molecule has 0 radical (unpaired) electrons. The summed E-state index contributed by atoms with van der Waals surface area (Å²) in [5.74, 6) is -7.32. The van der Waals surface area contributed by atoms with E-state index in [1.165, 1.54) is 24.8 Å². The number of hydrogen-bond acceptors (Lipinski definition) is 22. The maximum absolute atomic E-state index is 12.6. The Morgan fingerprint density at radius 2 is 1.07 bits per heavy atom. The number of aromatic nitrogens is 2. The summed E-state index contributed by atoms with van der Waals surface area (Å²) >= 11 is 0. The highest BCUT2D eigenvalue weighted by Crippen LogP contribution is 2.69. The number of carbonyl (C=O) groups is 2. The van der Waals surface area contributed by atoms with Crippen molar-refractivity contribution in [2.75, 3.05) is 13.2 Å². The maximum atomic E-state index is 12.6. The van der Waals surface area contributed by atoms with Gasteiger partial charge in [0.15, 0.2) is 0 Å². The van der Waals surface area contributed by atoms with Gasteiger partial charge in [0.2, 0.25) is 24.0 Å². The van der Waals surface area contributed by atoms with E-state index in [-0.39, 0.29) is 26.1 Å². The number of nitrogens with zero attached hydrogens (tertiary/aromatic N) is 2. The molecule has 0 spiro atoms. The van der Waals surface area contributed by atoms with Gasteiger partial charge < -0.3 is 49.6 Å². The summed E-state index contributed by atoms with van der Waals surface area (Å²) in [6.07, 6.45) is -6.64. The number of aliphatic hydroxyl groups is 6. The molecule has 0 saturated carbocycles. The van der Waals surface area contributed by atoms with Gasteiger partial charge in [-0.25, -0.2) is 9.59 Å². The fraction of sp³-hybridized carbons (Fsp3) is 0.533. The van der Waals surface area contributed by atoms with E-state index < -0.39 is 100 Å². The predicted octanol–water partition coefficient (Wildman–Crippen LogP) is -2.61. The van der Waals surface area contributed by atoms with Crippen LogP contribution >= 0.6 is 15.9 Å². The van der Waals surface area contributed by atoms with E-state index in [0.29, 0.717) is 23.3 Å². The Labute approximate surface area is 306 Å². The van der Waals surface area contributed by atoms with Crippen molar-refractivity contribution in [1.82, 2.24) is 9.97 Å². The van der Waals surface area contributed by atoms with Crippen LogP contribution in [0.15, 0.2) is 61.2 Å². The molecule has 6 heterocycles. The van der Waals surface area contributed by atoms with E-state index in [1.807, 2.05) is 0 Å². The zero-order valence-electron chi connectivity index (χ0n) is 28.0. The Balaban J connectivity index is 1.04. The molecule has 22 nitrogen and oxygen atoms in total. The van der Waals surface area contributed by atoms with Gasteiger partial charge in [-0.15, -0.1) is 0 Å². The van der Waals surface area contributed by atoms with Crippen molar-refractivity contribution in [3.63, 3.8) is 0 Å². The van der Waals surface area contributed by atoms with Crippen molar-refractivity contribution in [1.29, 1.82) is 0 Å². The first-order valence-electron chi connectivity index (χ1n) is 16.3. The molecule has 12 N–H and O–H groups in total. The largest absolute Gasteiger partial charge is 0.445 e. The summed E-state index contributed by atoms with van der Waals surface area (Å²) in [6.45, 7) is -0.173. The summed E-state index contributed by atoms with van der Waals surface area (Å²) in [6, 6.07) is 6.46. The fourth-order valence-electron chi connectivity index (χ4n) is 6.06. The molecule has 2 aromatic heterocycles. The lowest BCUT2D eigenvalue weighted by Crippen LogP contribution is -2.60. The van der Waals surface area contributed by atoms with E-state index in [2.05, 4.69) is 9.97 Å². The molecule has 296 valence electrons. The SMILES string of the molecule is N[C@]1(C(O)[P+]2(O)OCC[C@@H](c3ccncc3)O2)O[C@@H](OC(=O)/C=C\C(=O)O[C@@H]2O[C@](N)(C(O)[P+]3(O)OCC[C@@H](c4ccncc4)O3)[C@@H](O)[C@@H]2O)[C@@H](O)[C@@H]1O.